The van der Waals surface area contributed by atoms with Gasteiger partial charge in [-0.15, -0.1) is 0 Å². The summed E-state index contributed by atoms with van der Waals surface area (Å²) in [6, 6.07) is 14.1. The van der Waals surface area contributed by atoms with Crippen LogP contribution >= 0.6 is 0 Å². The van der Waals surface area contributed by atoms with E-state index in [9.17, 15) is 4.79 Å². The number of amides is 2. The van der Waals surface area contributed by atoms with Crippen molar-refractivity contribution in [3.63, 3.8) is 0 Å². The van der Waals surface area contributed by atoms with E-state index in [0.29, 0.717) is 5.92 Å². The second kappa shape index (κ2) is 8.56. The summed E-state index contributed by atoms with van der Waals surface area (Å²) in [5.41, 5.74) is 0.857. The van der Waals surface area contributed by atoms with Gasteiger partial charge in [-0.3, -0.25) is 0 Å². The molecule has 2 rings (SSSR count). The van der Waals surface area contributed by atoms with E-state index in [4.69, 9.17) is 0 Å². The van der Waals surface area contributed by atoms with Crippen LogP contribution in [0.25, 0.3) is 10.8 Å². The summed E-state index contributed by atoms with van der Waals surface area (Å²) in [5, 5.41) is 8.32. The zero-order valence-corrected chi connectivity index (χ0v) is 14.4. The minimum absolute atomic E-state index is 0.119. The lowest BCUT2D eigenvalue weighted by molar-refractivity contribution is 0.241. The van der Waals surface area contributed by atoms with E-state index >= 15 is 0 Å². The number of hydrogen-bond acceptors (Lipinski definition) is 1. The van der Waals surface area contributed by atoms with E-state index < -0.39 is 0 Å². The van der Waals surface area contributed by atoms with Crippen LogP contribution in [0.4, 0.5) is 10.5 Å². The highest BCUT2D eigenvalue weighted by molar-refractivity contribution is 6.01. The minimum Gasteiger partial charge on any atom is -0.335 e. The summed E-state index contributed by atoms with van der Waals surface area (Å²) >= 11 is 0. The molecule has 0 heterocycles. The predicted molar refractivity (Wildman–Crippen MR) is 98.9 cm³/mol. The van der Waals surface area contributed by atoms with Crippen LogP contribution in [0, 0.1) is 5.92 Å². The summed E-state index contributed by atoms with van der Waals surface area (Å²) in [6.45, 7) is 6.51. The standard InChI is InChI=1S/C20H28N2O/c1-4-9-16(10-5-2)15(3)21-20(23)22-19-14-8-12-17-11-6-7-13-18(17)19/h6-8,11-16H,4-5,9-10H2,1-3H3,(H2,21,22,23). The molecule has 1 atom stereocenters. The van der Waals surface area contributed by atoms with Gasteiger partial charge >= 0.3 is 6.03 Å². The van der Waals surface area contributed by atoms with Gasteiger partial charge in [0.05, 0.1) is 5.69 Å². The number of hydrogen-bond donors (Lipinski definition) is 2. The van der Waals surface area contributed by atoms with Crippen molar-refractivity contribution in [2.24, 2.45) is 5.92 Å². The molecule has 0 saturated heterocycles. The zero-order valence-electron chi connectivity index (χ0n) is 14.4. The van der Waals surface area contributed by atoms with Crippen molar-refractivity contribution >= 4 is 22.5 Å². The maximum absolute atomic E-state index is 12.4. The topological polar surface area (TPSA) is 41.1 Å². The van der Waals surface area contributed by atoms with Gasteiger partial charge in [0.25, 0.3) is 0 Å². The molecule has 0 aliphatic rings. The Bertz CT molecular complexity index is 627. The van der Waals surface area contributed by atoms with E-state index in [2.05, 4.69) is 43.5 Å². The molecule has 0 saturated carbocycles. The highest BCUT2D eigenvalue weighted by Gasteiger charge is 2.18. The Morgan fingerprint density at radius 1 is 1.00 bits per heavy atom. The van der Waals surface area contributed by atoms with Crippen molar-refractivity contribution in [3.8, 4) is 0 Å². The predicted octanol–water partition coefficient (Wildman–Crippen LogP) is 5.57. The quantitative estimate of drug-likeness (QED) is 0.690. The fourth-order valence-corrected chi connectivity index (χ4v) is 3.20. The third-order valence-corrected chi connectivity index (χ3v) is 4.42. The van der Waals surface area contributed by atoms with Gasteiger partial charge in [-0.25, -0.2) is 4.79 Å². The van der Waals surface area contributed by atoms with Crippen LogP contribution in [0.15, 0.2) is 42.5 Å². The number of nitrogens with one attached hydrogen (secondary N) is 2. The van der Waals surface area contributed by atoms with Crippen molar-refractivity contribution in [3.05, 3.63) is 42.5 Å². The molecule has 0 radical (unpaired) electrons. The van der Waals surface area contributed by atoms with Crippen molar-refractivity contribution in [2.75, 3.05) is 5.32 Å². The van der Waals surface area contributed by atoms with Crippen LogP contribution in [0.2, 0.25) is 0 Å². The summed E-state index contributed by atoms with van der Waals surface area (Å²) < 4.78 is 0. The summed E-state index contributed by atoms with van der Waals surface area (Å²) in [5.74, 6) is 0.545. The third kappa shape index (κ3) is 4.72. The highest BCUT2D eigenvalue weighted by Crippen LogP contribution is 2.23. The molecule has 2 aromatic rings. The van der Waals surface area contributed by atoms with Crippen molar-refractivity contribution in [2.45, 2.75) is 52.5 Å². The van der Waals surface area contributed by atoms with Crippen molar-refractivity contribution in [1.82, 2.24) is 5.32 Å². The molecule has 2 amide bonds. The number of urea groups is 1. The average molecular weight is 312 g/mol. The molecule has 0 spiro atoms. The maximum atomic E-state index is 12.4. The first-order valence-corrected chi connectivity index (χ1v) is 8.71. The van der Waals surface area contributed by atoms with E-state index in [1.807, 2.05) is 30.3 Å². The van der Waals surface area contributed by atoms with E-state index in [1.165, 1.54) is 0 Å². The summed E-state index contributed by atoms with van der Waals surface area (Å²) in [4.78, 5) is 12.4. The van der Waals surface area contributed by atoms with Gasteiger partial charge in [-0.05, 0) is 37.1 Å². The van der Waals surface area contributed by atoms with Gasteiger partial charge in [0, 0.05) is 11.4 Å². The number of benzene rings is 2. The molecule has 3 nitrogen and oxygen atoms in total. The summed E-state index contributed by atoms with van der Waals surface area (Å²) in [6.07, 6.45) is 4.62. The fourth-order valence-electron chi connectivity index (χ4n) is 3.20. The van der Waals surface area contributed by atoms with Crippen LogP contribution in [-0.4, -0.2) is 12.1 Å². The molecule has 2 aromatic carbocycles. The van der Waals surface area contributed by atoms with Crippen LogP contribution in [-0.2, 0) is 0 Å². The van der Waals surface area contributed by atoms with Crippen LogP contribution < -0.4 is 10.6 Å². The van der Waals surface area contributed by atoms with Gasteiger partial charge in [-0.1, -0.05) is 63.1 Å². The Labute approximate surface area is 139 Å². The second-order valence-electron chi connectivity index (χ2n) is 6.25. The van der Waals surface area contributed by atoms with Crippen molar-refractivity contribution < 1.29 is 4.79 Å². The molecule has 0 bridgehead atoms. The molecular formula is C20H28N2O. The minimum atomic E-state index is -0.119. The number of carbonyl (C=O) groups excluding carboxylic acids is 1. The third-order valence-electron chi connectivity index (χ3n) is 4.42. The fraction of sp³-hybridized carbons (Fsp3) is 0.450. The molecule has 2 N–H and O–H groups in total. The average Bonchev–Trinajstić information content (AvgIpc) is 2.55. The molecule has 0 aliphatic heterocycles. The first kappa shape index (κ1) is 17.3. The Hall–Kier alpha value is -2.03. The SMILES string of the molecule is CCCC(CCC)C(C)NC(=O)Nc1cccc2ccccc12. The summed E-state index contributed by atoms with van der Waals surface area (Å²) in [7, 11) is 0. The normalized spacial score (nSPS) is 12.3. The van der Waals surface area contributed by atoms with Crippen molar-refractivity contribution in [1.29, 1.82) is 0 Å². The lowest BCUT2D eigenvalue weighted by Gasteiger charge is -2.24. The van der Waals surface area contributed by atoms with Crippen LogP contribution in [0.3, 0.4) is 0 Å². The largest absolute Gasteiger partial charge is 0.335 e. The van der Waals surface area contributed by atoms with Gasteiger partial charge in [0.15, 0.2) is 0 Å². The van der Waals surface area contributed by atoms with Gasteiger partial charge < -0.3 is 10.6 Å². The first-order chi connectivity index (χ1) is 11.2. The Morgan fingerprint density at radius 2 is 1.65 bits per heavy atom. The smallest absolute Gasteiger partial charge is 0.319 e. The zero-order chi connectivity index (χ0) is 16.7. The number of anilines is 1. The lowest BCUT2D eigenvalue weighted by atomic mass is 9.91. The van der Waals surface area contributed by atoms with Gasteiger partial charge in [0.1, 0.15) is 0 Å². The molecule has 124 valence electrons. The lowest BCUT2D eigenvalue weighted by Crippen LogP contribution is -2.40. The molecular weight excluding hydrogens is 284 g/mol. The Kier molecular flexibility index (Phi) is 6.45. The van der Waals surface area contributed by atoms with Crippen LogP contribution in [0.5, 0.6) is 0 Å². The van der Waals surface area contributed by atoms with E-state index in [0.717, 1.165) is 42.1 Å². The van der Waals surface area contributed by atoms with Crippen LogP contribution in [0.1, 0.15) is 46.5 Å². The second-order valence-corrected chi connectivity index (χ2v) is 6.25. The number of rotatable bonds is 7. The number of carbonyl (C=O) groups is 1. The van der Waals surface area contributed by atoms with E-state index in [-0.39, 0.29) is 12.1 Å². The molecule has 0 fully saturated rings. The van der Waals surface area contributed by atoms with Gasteiger partial charge in [0.2, 0.25) is 0 Å². The monoisotopic (exact) mass is 312 g/mol. The van der Waals surface area contributed by atoms with Gasteiger partial charge in [-0.2, -0.15) is 0 Å². The number of fused-ring (bicyclic) bond motifs is 1. The van der Waals surface area contributed by atoms with E-state index in [1.54, 1.807) is 0 Å². The highest BCUT2D eigenvalue weighted by atomic mass is 16.2. The molecule has 1 unspecified atom stereocenters. The Balaban J connectivity index is 2.03. The Morgan fingerprint density at radius 3 is 2.35 bits per heavy atom. The molecule has 23 heavy (non-hydrogen) atoms. The first-order valence-electron chi connectivity index (χ1n) is 8.71. The molecule has 0 aromatic heterocycles. The maximum Gasteiger partial charge on any atom is 0.319 e. The molecule has 0 aliphatic carbocycles. The molecule has 3 heteroatoms.